The van der Waals surface area contributed by atoms with Gasteiger partial charge < -0.3 is 4.90 Å². The molecular formula is C20H22N2O3S2. The number of carbonyl (C=O) groups excluding carboxylic acids is 1. The van der Waals surface area contributed by atoms with Crippen LogP contribution in [0.1, 0.15) is 5.56 Å². The van der Waals surface area contributed by atoms with E-state index in [1.54, 1.807) is 40.6 Å². The number of nitrogens with zero attached hydrogens (tertiary/aromatic N) is 2. The van der Waals surface area contributed by atoms with Gasteiger partial charge in [-0.05, 0) is 36.6 Å². The fourth-order valence-electron chi connectivity index (χ4n) is 2.78. The Kier molecular flexibility index (Phi) is 6.36. The summed E-state index contributed by atoms with van der Waals surface area (Å²) in [6.45, 7) is 3.32. The van der Waals surface area contributed by atoms with Gasteiger partial charge in [-0.2, -0.15) is 4.31 Å². The van der Waals surface area contributed by atoms with Gasteiger partial charge in [0.2, 0.25) is 15.9 Å². The molecule has 0 aromatic heterocycles. The standard InChI is InChI=1S/C20H22N2O3S2/c1-17-7-9-19(10-8-17)27(24,25)22-14-12-21(13-15-22)20(23)11-16-26-18-5-3-2-4-6-18/h2-11,16H,12-15H2,1H3/b16-11+. The van der Waals surface area contributed by atoms with E-state index in [0.29, 0.717) is 31.1 Å². The van der Waals surface area contributed by atoms with Crippen LogP contribution in [0.25, 0.3) is 0 Å². The number of hydrogen-bond donors (Lipinski definition) is 0. The first-order chi connectivity index (χ1) is 13.0. The lowest BCUT2D eigenvalue weighted by Gasteiger charge is -2.33. The lowest BCUT2D eigenvalue weighted by atomic mass is 10.2. The Morgan fingerprint density at radius 3 is 2.22 bits per heavy atom. The van der Waals surface area contributed by atoms with Gasteiger partial charge in [0.25, 0.3) is 0 Å². The summed E-state index contributed by atoms with van der Waals surface area (Å²) in [6.07, 6.45) is 1.54. The number of piperazine rings is 1. The van der Waals surface area contributed by atoms with Gasteiger partial charge >= 0.3 is 0 Å². The van der Waals surface area contributed by atoms with Crippen LogP contribution >= 0.6 is 11.8 Å². The molecule has 0 saturated carbocycles. The van der Waals surface area contributed by atoms with Crippen LogP contribution in [-0.4, -0.2) is 49.7 Å². The highest BCUT2D eigenvalue weighted by atomic mass is 32.2. The zero-order valence-electron chi connectivity index (χ0n) is 15.1. The highest BCUT2D eigenvalue weighted by molar-refractivity contribution is 8.02. The number of thioether (sulfide) groups is 1. The summed E-state index contributed by atoms with van der Waals surface area (Å²) >= 11 is 1.48. The van der Waals surface area contributed by atoms with Crippen molar-refractivity contribution in [2.24, 2.45) is 0 Å². The van der Waals surface area contributed by atoms with E-state index in [1.165, 1.54) is 16.1 Å². The third-order valence-electron chi connectivity index (χ3n) is 4.37. The molecule has 2 aromatic carbocycles. The molecule has 0 bridgehead atoms. The Hall–Kier alpha value is -2.09. The summed E-state index contributed by atoms with van der Waals surface area (Å²) in [7, 11) is -3.51. The molecule has 3 rings (SSSR count). The van der Waals surface area contributed by atoms with Crippen LogP contribution in [0.5, 0.6) is 0 Å². The molecule has 0 spiro atoms. The predicted octanol–water partition coefficient (Wildman–Crippen LogP) is 3.13. The van der Waals surface area contributed by atoms with Crippen LogP contribution in [0.3, 0.4) is 0 Å². The Morgan fingerprint density at radius 2 is 1.59 bits per heavy atom. The van der Waals surface area contributed by atoms with Gasteiger partial charge in [-0.15, -0.1) is 0 Å². The van der Waals surface area contributed by atoms with Crippen LogP contribution in [0, 0.1) is 6.92 Å². The molecule has 1 aliphatic rings. The second-order valence-corrected chi connectivity index (χ2v) is 9.19. The van der Waals surface area contributed by atoms with E-state index in [0.717, 1.165) is 10.5 Å². The summed E-state index contributed by atoms with van der Waals surface area (Å²) in [4.78, 5) is 15.4. The van der Waals surface area contributed by atoms with Gasteiger partial charge in [0.15, 0.2) is 0 Å². The van der Waals surface area contributed by atoms with Crippen molar-refractivity contribution < 1.29 is 13.2 Å². The van der Waals surface area contributed by atoms with E-state index in [-0.39, 0.29) is 5.91 Å². The molecule has 0 unspecified atom stereocenters. The van der Waals surface area contributed by atoms with Crippen molar-refractivity contribution >= 4 is 27.7 Å². The summed E-state index contributed by atoms with van der Waals surface area (Å²) in [5.41, 5.74) is 1.02. The van der Waals surface area contributed by atoms with Gasteiger partial charge in [-0.25, -0.2) is 8.42 Å². The number of amides is 1. The van der Waals surface area contributed by atoms with Crippen LogP contribution < -0.4 is 0 Å². The van der Waals surface area contributed by atoms with E-state index < -0.39 is 10.0 Å². The van der Waals surface area contributed by atoms with Crippen molar-refractivity contribution in [3.63, 3.8) is 0 Å². The Morgan fingerprint density at radius 1 is 0.963 bits per heavy atom. The second-order valence-electron chi connectivity index (χ2n) is 6.28. The molecule has 1 aliphatic heterocycles. The van der Waals surface area contributed by atoms with Crippen molar-refractivity contribution in [2.45, 2.75) is 16.7 Å². The van der Waals surface area contributed by atoms with Gasteiger partial charge in [0, 0.05) is 37.2 Å². The van der Waals surface area contributed by atoms with Gasteiger partial charge in [0.1, 0.15) is 0 Å². The first-order valence-corrected chi connectivity index (χ1v) is 11.0. The third kappa shape index (κ3) is 5.00. The summed E-state index contributed by atoms with van der Waals surface area (Å²) in [5, 5.41) is 1.77. The molecule has 2 aromatic rings. The normalized spacial score (nSPS) is 16.0. The maximum Gasteiger partial charge on any atom is 0.247 e. The average molecular weight is 403 g/mol. The zero-order chi connectivity index (χ0) is 19.3. The molecule has 0 aliphatic carbocycles. The minimum absolute atomic E-state index is 0.0918. The summed E-state index contributed by atoms with van der Waals surface area (Å²) in [5.74, 6) is -0.0918. The van der Waals surface area contributed by atoms with Crippen LogP contribution in [0.2, 0.25) is 0 Å². The molecule has 142 valence electrons. The molecule has 27 heavy (non-hydrogen) atoms. The molecule has 1 heterocycles. The number of benzene rings is 2. The molecule has 5 nitrogen and oxygen atoms in total. The van der Waals surface area contributed by atoms with Gasteiger partial charge in [-0.1, -0.05) is 47.7 Å². The first kappa shape index (κ1) is 19.7. The lowest BCUT2D eigenvalue weighted by Crippen LogP contribution is -2.50. The quantitative estimate of drug-likeness (QED) is 0.570. The number of carbonyl (C=O) groups is 1. The van der Waals surface area contributed by atoms with Crippen LogP contribution in [-0.2, 0) is 14.8 Å². The van der Waals surface area contributed by atoms with Crippen LogP contribution in [0.15, 0.2) is 75.9 Å². The van der Waals surface area contributed by atoms with E-state index >= 15 is 0 Å². The first-order valence-electron chi connectivity index (χ1n) is 8.71. The largest absolute Gasteiger partial charge is 0.336 e. The summed E-state index contributed by atoms with van der Waals surface area (Å²) in [6, 6.07) is 16.7. The molecule has 1 saturated heterocycles. The number of hydrogen-bond acceptors (Lipinski definition) is 4. The maximum atomic E-state index is 12.7. The van der Waals surface area contributed by atoms with Crippen molar-refractivity contribution in [3.05, 3.63) is 71.6 Å². The molecule has 1 fully saturated rings. The molecule has 0 N–H and O–H groups in total. The van der Waals surface area contributed by atoms with Gasteiger partial charge in [0.05, 0.1) is 4.90 Å². The van der Waals surface area contributed by atoms with E-state index in [4.69, 9.17) is 0 Å². The molecule has 0 radical (unpaired) electrons. The molecular weight excluding hydrogens is 380 g/mol. The SMILES string of the molecule is Cc1ccc(S(=O)(=O)N2CCN(C(=O)/C=C/Sc3ccccc3)CC2)cc1. The van der Waals surface area contributed by atoms with Crippen molar-refractivity contribution in [1.82, 2.24) is 9.21 Å². The minimum atomic E-state index is -3.51. The third-order valence-corrected chi connectivity index (χ3v) is 7.10. The van der Waals surface area contributed by atoms with Crippen molar-refractivity contribution in [1.29, 1.82) is 0 Å². The van der Waals surface area contributed by atoms with Crippen molar-refractivity contribution in [3.8, 4) is 0 Å². The Balaban J connectivity index is 1.55. The monoisotopic (exact) mass is 402 g/mol. The zero-order valence-corrected chi connectivity index (χ0v) is 16.7. The fraction of sp³-hybridized carbons (Fsp3) is 0.250. The second kappa shape index (κ2) is 8.73. The van der Waals surface area contributed by atoms with Crippen LogP contribution in [0.4, 0.5) is 0 Å². The number of aryl methyl sites for hydroxylation is 1. The maximum absolute atomic E-state index is 12.7. The van der Waals surface area contributed by atoms with E-state index in [1.807, 2.05) is 37.3 Å². The smallest absolute Gasteiger partial charge is 0.247 e. The minimum Gasteiger partial charge on any atom is -0.336 e. The van der Waals surface area contributed by atoms with Crippen molar-refractivity contribution in [2.75, 3.05) is 26.2 Å². The molecule has 7 heteroatoms. The number of sulfonamides is 1. The Labute approximate surface area is 164 Å². The molecule has 0 atom stereocenters. The molecule has 1 amide bonds. The summed E-state index contributed by atoms with van der Waals surface area (Å²) < 4.78 is 26.9. The topological polar surface area (TPSA) is 57.7 Å². The fourth-order valence-corrected chi connectivity index (χ4v) is 4.86. The van der Waals surface area contributed by atoms with Gasteiger partial charge in [-0.3, -0.25) is 4.79 Å². The highest BCUT2D eigenvalue weighted by Gasteiger charge is 2.29. The number of rotatable bonds is 5. The highest BCUT2D eigenvalue weighted by Crippen LogP contribution is 2.20. The Bertz CT molecular complexity index is 902. The predicted molar refractivity (Wildman–Crippen MR) is 108 cm³/mol. The van der Waals surface area contributed by atoms with E-state index in [2.05, 4.69) is 0 Å². The van der Waals surface area contributed by atoms with E-state index in [9.17, 15) is 13.2 Å². The lowest BCUT2D eigenvalue weighted by molar-refractivity contribution is -0.127. The average Bonchev–Trinajstić information content (AvgIpc) is 2.69.